The topological polar surface area (TPSA) is 527 Å². The number of aliphatic hydroxyl groups excluding tert-OH is 2. The maximum absolute atomic E-state index is 15.1. The van der Waals surface area contributed by atoms with E-state index < -0.39 is 138 Å². The number of hydrogen-bond acceptors (Lipinski definition) is 18. The van der Waals surface area contributed by atoms with E-state index in [1.807, 2.05) is 0 Å². The van der Waals surface area contributed by atoms with E-state index in [4.69, 9.17) is 34.4 Å². The van der Waals surface area contributed by atoms with Gasteiger partial charge in [0.05, 0.1) is 31.8 Å². The number of carboxylic acids is 1. The molecule has 21 N–H and O–H groups in total. The summed E-state index contributed by atoms with van der Waals surface area (Å²) in [5, 5.41) is 50.2. The lowest BCUT2D eigenvalue weighted by Crippen LogP contribution is -2.61. The van der Waals surface area contributed by atoms with Crippen LogP contribution in [0.15, 0.2) is 93.2 Å². The van der Waals surface area contributed by atoms with Gasteiger partial charge in [-0.3, -0.25) is 68.2 Å². The zero-order valence-corrected chi connectivity index (χ0v) is 61.0. The fourth-order valence-electron chi connectivity index (χ4n) is 15.8. The van der Waals surface area contributed by atoms with Gasteiger partial charge in [0.2, 0.25) is 53.2 Å². The van der Waals surface area contributed by atoms with Gasteiger partial charge in [0.1, 0.15) is 48.3 Å². The van der Waals surface area contributed by atoms with Crippen LogP contribution in [0.5, 0.6) is 0 Å². The first-order chi connectivity index (χ1) is 50.6. The molecule has 2 saturated heterocycles. The molecule has 2 aliphatic heterocycles. The van der Waals surface area contributed by atoms with Crippen LogP contribution in [0, 0.1) is 23.2 Å². The second kappa shape index (κ2) is 39.0. The van der Waals surface area contributed by atoms with Crippen molar-refractivity contribution in [3.63, 3.8) is 0 Å². The summed E-state index contributed by atoms with van der Waals surface area (Å²) in [6, 6.07) is 8.73. The van der Waals surface area contributed by atoms with E-state index in [0.717, 1.165) is 53.2 Å². The number of carbonyl (C=O) groups excluding carboxylic acids is 10. The van der Waals surface area contributed by atoms with Crippen LogP contribution >= 0.6 is 11.3 Å². The lowest BCUT2D eigenvalue weighted by atomic mass is 9.48. The molecule has 0 spiro atoms. The normalized spacial score (nSPS) is 21.8. The second-order valence-electron chi connectivity index (χ2n) is 28.6. The van der Waals surface area contributed by atoms with E-state index in [2.05, 4.69) is 46.9 Å². The van der Waals surface area contributed by atoms with E-state index in [1.165, 1.54) is 30.3 Å². The molecular formula is C72H105N19O14S. The number of nitrogens with zero attached hydrogens (tertiary/aromatic N) is 7. The second-order valence-corrected chi connectivity index (χ2v) is 29.7. The minimum atomic E-state index is -1.73. The summed E-state index contributed by atoms with van der Waals surface area (Å²) in [5.41, 5.74) is 34.1. The summed E-state index contributed by atoms with van der Waals surface area (Å²) >= 11 is 1.25. The van der Waals surface area contributed by atoms with Crippen molar-refractivity contribution >= 4 is 94.1 Å². The molecule has 34 heteroatoms. The van der Waals surface area contributed by atoms with Gasteiger partial charge < -0.3 is 95.9 Å². The average molecular weight is 1490 g/mol. The van der Waals surface area contributed by atoms with Crippen LogP contribution in [0.4, 0.5) is 0 Å². The summed E-state index contributed by atoms with van der Waals surface area (Å²) in [4.78, 5) is 175. The molecule has 0 radical (unpaired) electrons. The largest absolute Gasteiger partial charge is 0.480 e. The van der Waals surface area contributed by atoms with Crippen molar-refractivity contribution in [1.82, 2.24) is 51.5 Å². The Labute approximate surface area is 620 Å². The molecule has 10 atom stereocenters. The van der Waals surface area contributed by atoms with Crippen molar-refractivity contribution in [1.29, 1.82) is 0 Å². The minimum absolute atomic E-state index is 0.0401. The van der Waals surface area contributed by atoms with Gasteiger partial charge in [-0.05, 0) is 130 Å². The number of nitrogens with one attached hydrogen (secondary N) is 6. The van der Waals surface area contributed by atoms with Crippen molar-refractivity contribution in [2.24, 2.45) is 72.5 Å². The van der Waals surface area contributed by atoms with Crippen molar-refractivity contribution in [2.75, 3.05) is 66.5 Å². The van der Waals surface area contributed by atoms with Gasteiger partial charge in [-0.2, -0.15) is 0 Å². The van der Waals surface area contributed by atoms with Gasteiger partial charge in [-0.1, -0.05) is 66.7 Å². The molecular weight excluding hydrogens is 1390 g/mol. The zero-order valence-electron chi connectivity index (χ0n) is 60.2. The number of thiophene rings is 1. The van der Waals surface area contributed by atoms with Crippen molar-refractivity contribution in [2.45, 2.75) is 176 Å². The molecule has 578 valence electrons. The molecule has 4 saturated carbocycles. The Bertz CT molecular complexity index is 3600. The molecule has 2 aromatic carbocycles. The third-order valence-electron chi connectivity index (χ3n) is 20.8. The van der Waals surface area contributed by atoms with E-state index in [-0.39, 0.29) is 127 Å². The Morgan fingerprint density at radius 1 is 0.585 bits per heavy atom. The van der Waals surface area contributed by atoms with Crippen molar-refractivity contribution in [3.8, 4) is 0 Å². The monoisotopic (exact) mass is 1490 g/mol. The van der Waals surface area contributed by atoms with Crippen LogP contribution in [0.3, 0.4) is 0 Å². The standard InChI is InChI=1S/C72H105N19O14S/c1-88(55(31-42-14-5-3-6-15-42)63(99)86-51(68(104)105)21-11-25-81-71(77)78)66(102)57(32-43-16-7-4-8-17-43)89(2)64(100)53(41-92)87-61(97)52(34-48-18-13-27-106-48)84-59(95)39-83-62(98)56-33-47(93)40-91(56)67(103)54-22-12-26-90(54)65(101)50(20-10-24-80-70(75)76)85-60(96)49(19-9-23-79-69(73)74)82-38-58(94)72-35-44-28-45(36-72)30-46(29-44)37-72/h3-8,13-18,27,44-47,49-57,82,92-93H,9-12,19-26,28-41H2,1-2H3,(H,83,98)(H,84,95)(H,85,96)(H,86,99)(H,87,97)(H,104,105)(H4,73,74,79)(H4,75,76,80)(H4,77,78,81)/t44?,45?,46?,47-,49-,50+,51+,52+,53+,54+,55+,56+,57+,72?/m1/s1. The molecule has 4 aliphatic carbocycles. The predicted molar refractivity (Wildman–Crippen MR) is 395 cm³/mol. The Hall–Kier alpha value is -9.80. The molecule has 106 heavy (non-hydrogen) atoms. The maximum Gasteiger partial charge on any atom is 0.326 e. The Balaban J connectivity index is 0.925. The molecule has 0 unspecified atom stereocenters. The predicted octanol–water partition coefficient (Wildman–Crippen LogP) is -2.58. The van der Waals surface area contributed by atoms with Crippen LogP contribution in [0.1, 0.15) is 112 Å². The summed E-state index contributed by atoms with van der Waals surface area (Å²) in [6.07, 6.45) is 5.67. The lowest BCUT2D eigenvalue weighted by Gasteiger charge is -2.56. The highest BCUT2D eigenvalue weighted by molar-refractivity contribution is 7.09. The van der Waals surface area contributed by atoms with E-state index in [9.17, 15) is 63.3 Å². The smallest absolute Gasteiger partial charge is 0.326 e. The Morgan fingerprint density at radius 3 is 1.64 bits per heavy atom. The third-order valence-corrected chi connectivity index (χ3v) is 21.7. The number of nitrogens with two attached hydrogens (primary N) is 6. The summed E-state index contributed by atoms with van der Waals surface area (Å²) in [6.45, 7) is -1.62. The molecule has 33 nitrogen and oxygen atoms in total. The first-order valence-corrected chi connectivity index (χ1v) is 37.2. The van der Waals surface area contributed by atoms with Gasteiger partial charge in [0, 0.05) is 82.8 Å². The van der Waals surface area contributed by atoms with Gasteiger partial charge >= 0.3 is 5.97 Å². The van der Waals surface area contributed by atoms with Crippen molar-refractivity contribution in [3.05, 3.63) is 94.2 Å². The van der Waals surface area contributed by atoms with E-state index in [1.54, 1.807) is 78.2 Å². The summed E-state index contributed by atoms with van der Waals surface area (Å²) in [5.74, 6) is -7.24. The summed E-state index contributed by atoms with van der Waals surface area (Å²) < 4.78 is 0. The average Bonchev–Trinajstić information content (AvgIpc) is 0.975. The number of aliphatic hydroxyl groups is 2. The molecule has 3 heterocycles. The number of likely N-dealkylation sites (tertiary alicyclic amines) is 2. The quantitative estimate of drug-likeness (QED) is 0.0158. The van der Waals surface area contributed by atoms with E-state index in [0.29, 0.717) is 46.6 Å². The number of likely N-dealkylation sites (N-methyl/N-ethyl adjacent to an activating group) is 2. The highest BCUT2D eigenvalue weighted by Crippen LogP contribution is 2.60. The van der Waals surface area contributed by atoms with Crippen molar-refractivity contribution < 1.29 is 68.1 Å². The van der Waals surface area contributed by atoms with Crippen LogP contribution in [-0.2, 0) is 72.0 Å². The van der Waals surface area contributed by atoms with E-state index >= 15 is 4.79 Å². The first kappa shape index (κ1) is 81.9. The zero-order chi connectivity index (χ0) is 76.8. The fraction of sp³-hybridized carbons (Fsp3) is 0.583. The van der Waals surface area contributed by atoms with Gasteiger partial charge in [-0.15, -0.1) is 11.3 Å². The number of carboxylic acid groups (broad SMARTS) is 1. The number of guanidine groups is 3. The molecule has 1 aromatic heterocycles. The first-order valence-electron chi connectivity index (χ1n) is 36.3. The number of Topliss-reactive ketones (excluding diaryl/α,β-unsaturated/α-hetero) is 1. The third kappa shape index (κ3) is 22.9. The molecule has 9 rings (SSSR count). The van der Waals surface area contributed by atoms with Crippen LogP contribution < -0.4 is 66.3 Å². The number of benzene rings is 2. The fourth-order valence-corrected chi connectivity index (χ4v) is 16.6. The molecule has 4 bridgehead atoms. The number of β-amino-alcohol motifs (C(OH)–C–C–N with tert-alkyl or cyclic N) is 1. The SMILES string of the molecule is CN(C(=O)[C@H](CO)NC(=O)[C@H](Cc1cccs1)NC(=O)CNC(=O)[C@@H]1C[C@@H](O)CN1C(=O)[C@@H]1CCCN1C(=O)[C@H](CCCN=C(N)N)NC(=O)[C@@H](CCCN=C(N)N)NCC(=O)C12CC3CC(CC(C3)C1)C2)[C@@H](Cc1ccccc1)C(=O)N(C)[C@@H](Cc1ccccc1)C(=O)N[C@@H](CCCN=C(N)N)C(=O)O. The maximum atomic E-state index is 15.1. The van der Waals surface area contributed by atoms with Gasteiger partial charge in [-0.25, -0.2) is 4.79 Å². The number of amides is 9. The molecule has 6 fully saturated rings. The number of aliphatic carboxylic acids is 1. The number of hydrogen-bond donors (Lipinski definition) is 15. The minimum Gasteiger partial charge on any atom is -0.480 e. The van der Waals surface area contributed by atoms with Crippen LogP contribution in [0.2, 0.25) is 0 Å². The van der Waals surface area contributed by atoms with Gasteiger partial charge in [0.15, 0.2) is 23.7 Å². The number of aliphatic imine (C=N–C) groups is 3. The lowest BCUT2D eigenvalue weighted by molar-refractivity contribution is -0.150. The van der Waals surface area contributed by atoms with Crippen LogP contribution in [-0.4, -0.2) is 245 Å². The number of ketones is 1. The number of rotatable bonds is 40. The van der Waals surface area contributed by atoms with Gasteiger partial charge in [0.25, 0.3) is 0 Å². The Kier molecular flexibility index (Phi) is 30.1. The summed E-state index contributed by atoms with van der Waals surface area (Å²) in [7, 11) is 2.64. The number of carbonyl (C=O) groups is 11. The molecule has 3 aromatic rings. The highest BCUT2D eigenvalue weighted by Gasteiger charge is 2.54. The molecule has 9 amide bonds. The Morgan fingerprint density at radius 2 is 1.10 bits per heavy atom. The highest BCUT2D eigenvalue weighted by atomic mass is 32.1. The molecule has 6 aliphatic rings. The van der Waals surface area contributed by atoms with Crippen LogP contribution in [0.25, 0.3) is 0 Å².